The third-order valence-electron chi connectivity index (χ3n) is 6.84. The molecule has 38 heavy (non-hydrogen) atoms. The highest BCUT2D eigenvalue weighted by atomic mass is 16.5. The van der Waals surface area contributed by atoms with Crippen molar-refractivity contribution in [3.63, 3.8) is 0 Å². The summed E-state index contributed by atoms with van der Waals surface area (Å²) in [5.74, 6) is -0.172. The summed E-state index contributed by atoms with van der Waals surface area (Å²) < 4.78 is 5.90. The first kappa shape index (κ1) is 27.1. The molecular weight excluding hydrogens is 472 g/mol. The number of carbonyl (C=O) groups is 1. The predicted molar refractivity (Wildman–Crippen MR) is 152 cm³/mol. The number of benzene rings is 4. The molecule has 4 aromatic rings. The molecule has 196 valence electrons. The van der Waals surface area contributed by atoms with Crippen LogP contribution in [-0.2, 0) is 19.6 Å². The Bertz CT molecular complexity index is 1280. The zero-order chi connectivity index (χ0) is 26.7. The number of carbonyl (C=O) groups excluding carboxylic acids is 1. The summed E-state index contributed by atoms with van der Waals surface area (Å²) in [6.07, 6.45) is 1.13. The van der Waals surface area contributed by atoms with Crippen molar-refractivity contribution in [2.75, 3.05) is 6.54 Å². The first-order valence-electron chi connectivity index (χ1n) is 13.1. The maximum absolute atomic E-state index is 12.2. The molecule has 0 fully saturated rings. The second-order valence-electron chi connectivity index (χ2n) is 9.70. The fourth-order valence-corrected chi connectivity index (χ4v) is 4.56. The highest BCUT2D eigenvalue weighted by Gasteiger charge is 2.21. The SMILES string of the molecule is C[C@H](CCc1ccccc1)N(Cc1ccccc1)C[C@H](O)c1ccc(OCc2ccccc2)c(C(N)=O)c1. The Morgan fingerprint density at radius 1 is 0.842 bits per heavy atom. The molecule has 0 radical (unpaired) electrons. The number of rotatable bonds is 13. The van der Waals surface area contributed by atoms with Crippen LogP contribution in [0.1, 0.15) is 52.1 Å². The lowest BCUT2D eigenvalue weighted by molar-refractivity contribution is 0.0832. The van der Waals surface area contributed by atoms with Crippen LogP contribution < -0.4 is 10.5 Å². The summed E-state index contributed by atoms with van der Waals surface area (Å²) in [6, 6.07) is 35.9. The largest absolute Gasteiger partial charge is 0.488 e. The van der Waals surface area contributed by atoms with E-state index >= 15 is 0 Å². The summed E-state index contributed by atoms with van der Waals surface area (Å²) >= 11 is 0. The molecule has 5 nitrogen and oxygen atoms in total. The van der Waals surface area contributed by atoms with Gasteiger partial charge in [-0.1, -0.05) is 97.1 Å². The van der Waals surface area contributed by atoms with Gasteiger partial charge in [0.15, 0.2) is 0 Å². The molecule has 0 heterocycles. The van der Waals surface area contributed by atoms with Gasteiger partial charge in [-0.2, -0.15) is 0 Å². The summed E-state index contributed by atoms with van der Waals surface area (Å²) in [4.78, 5) is 14.5. The third kappa shape index (κ3) is 7.78. The van der Waals surface area contributed by atoms with Gasteiger partial charge in [0, 0.05) is 19.1 Å². The fraction of sp³-hybridized carbons (Fsp3) is 0.242. The van der Waals surface area contributed by atoms with Crippen molar-refractivity contribution >= 4 is 5.91 Å². The number of nitrogens with two attached hydrogens (primary N) is 1. The highest BCUT2D eigenvalue weighted by Crippen LogP contribution is 2.26. The average Bonchev–Trinajstić information content (AvgIpc) is 2.96. The van der Waals surface area contributed by atoms with Crippen LogP contribution in [0.2, 0.25) is 0 Å². The average molecular weight is 509 g/mol. The molecule has 0 aliphatic rings. The topological polar surface area (TPSA) is 75.8 Å². The third-order valence-corrected chi connectivity index (χ3v) is 6.84. The molecule has 1 amide bonds. The van der Waals surface area contributed by atoms with Crippen LogP contribution in [0, 0.1) is 0 Å². The van der Waals surface area contributed by atoms with Gasteiger partial charge in [-0.05, 0) is 54.2 Å². The normalized spacial score (nSPS) is 12.7. The molecule has 0 aliphatic heterocycles. The Labute approximate surface area is 225 Å². The number of aryl methyl sites for hydroxylation is 1. The molecule has 0 saturated heterocycles. The lowest BCUT2D eigenvalue weighted by Gasteiger charge is -2.31. The van der Waals surface area contributed by atoms with E-state index in [1.54, 1.807) is 12.1 Å². The van der Waals surface area contributed by atoms with E-state index in [-0.39, 0.29) is 11.6 Å². The summed E-state index contributed by atoms with van der Waals surface area (Å²) in [7, 11) is 0. The standard InChI is InChI=1S/C33H36N2O3/c1-25(17-18-26-11-5-2-6-12-26)35(22-27-13-7-3-8-14-27)23-31(36)29-19-20-32(30(21-29)33(34)37)38-24-28-15-9-4-10-16-28/h2-16,19-21,25,31,36H,17-18,22-24H2,1H3,(H2,34,37)/t25-,31+/m1/s1. The number of ether oxygens (including phenoxy) is 1. The molecule has 0 aliphatic carbocycles. The van der Waals surface area contributed by atoms with Gasteiger partial charge in [0.05, 0.1) is 11.7 Å². The van der Waals surface area contributed by atoms with Crippen LogP contribution in [0.3, 0.4) is 0 Å². The van der Waals surface area contributed by atoms with Crippen molar-refractivity contribution in [3.05, 3.63) is 137 Å². The van der Waals surface area contributed by atoms with E-state index in [4.69, 9.17) is 10.5 Å². The lowest BCUT2D eigenvalue weighted by Crippen LogP contribution is -2.36. The van der Waals surface area contributed by atoms with Crippen molar-refractivity contribution in [2.45, 2.75) is 45.1 Å². The Balaban J connectivity index is 1.48. The first-order chi connectivity index (χ1) is 18.5. The number of hydrogen-bond acceptors (Lipinski definition) is 4. The smallest absolute Gasteiger partial charge is 0.252 e. The van der Waals surface area contributed by atoms with Crippen molar-refractivity contribution < 1.29 is 14.6 Å². The van der Waals surface area contributed by atoms with Gasteiger partial charge in [-0.25, -0.2) is 0 Å². The van der Waals surface area contributed by atoms with Gasteiger partial charge in [-0.15, -0.1) is 0 Å². The van der Waals surface area contributed by atoms with Gasteiger partial charge in [0.1, 0.15) is 12.4 Å². The number of amides is 1. The molecule has 4 aromatic carbocycles. The highest BCUT2D eigenvalue weighted by molar-refractivity contribution is 5.95. The lowest BCUT2D eigenvalue weighted by atomic mass is 10.0. The monoisotopic (exact) mass is 508 g/mol. The molecule has 0 bridgehead atoms. The molecule has 4 rings (SSSR count). The molecule has 5 heteroatoms. The van der Waals surface area contributed by atoms with E-state index in [9.17, 15) is 9.90 Å². The van der Waals surface area contributed by atoms with E-state index in [2.05, 4.69) is 48.2 Å². The summed E-state index contributed by atoms with van der Waals surface area (Å²) in [5.41, 5.74) is 10.1. The minimum absolute atomic E-state index is 0.231. The van der Waals surface area contributed by atoms with Crippen molar-refractivity contribution in [1.29, 1.82) is 0 Å². The van der Waals surface area contributed by atoms with Gasteiger partial charge in [-0.3, -0.25) is 9.69 Å². The predicted octanol–water partition coefficient (Wildman–Crippen LogP) is 5.92. The maximum atomic E-state index is 12.2. The number of hydrogen-bond donors (Lipinski definition) is 2. The quantitative estimate of drug-likeness (QED) is 0.235. The maximum Gasteiger partial charge on any atom is 0.252 e. The minimum Gasteiger partial charge on any atom is -0.488 e. The van der Waals surface area contributed by atoms with Crippen LogP contribution in [0.15, 0.2) is 109 Å². The molecule has 0 spiro atoms. The second-order valence-corrected chi connectivity index (χ2v) is 9.70. The minimum atomic E-state index is -0.792. The second kappa shape index (κ2) is 13.6. The number of aliphatic hydroxyl groups is 1. The molecule has 0 unspecified atom stereocenters. The molecular formula is C33H36N2O3. The Kier molecular flexibility index (Phi) is 9.68. The van der Waals surface area contributed by atoms with Gasteiger partial charge < -0.3 is 15.6 Å². The van der Waals surface area contributed by atoms with E-state index in [1.165, 1.54) is 11.1 Å². The van der Waals surface area contributed by atoms with Crippen LogP contribution in [0.5, 0.6) is 5.75 Å². The summed E-state index contributed by atoms with van der Waals surface area (Å²) in [6.45, 7) is 3.67. The Morgan fingerprint density at radius 2 is 1.42 bits per heavy atom. The molecule has 3 N–H and O–H groups in total. The zero-order valence-electron chi connectivity index (χ0n) is 21.9. The van der Waals surface area contributed by atoms with Gasteiger partial charge >= 0.3 is 0 Å². The van der Waals surface area contributed by atoms with Crippen LogP contribution in [0.4, 0.5) is 0 Å². The van der Waals surface area contributed by atoms with Crippen LogP contribution >= 0.6 is 0 Å². The Morgan fingerprint density at radius 3 is 2.03 bits per heavy atom. The van der Waals surface area contributed by atoms with E-state index in [1.807, 2.05) is 60.7 Å². The van der Waals surface area contributed by atoms with E-state index in [0.717, 1.165) is 24.9 Å². The fourth-order valence-electron chi connectivity index (χ4n) is 4.56. The van der Waals surface area contributed by atoms with Crippen molar-refractivity contribution in [1.82, 2.24) is 4.90 Å². The van der Waals surface area contributed by atoms with Crippen molar-refractivity contribution in [3.8, 4) is 5.75 Å². The van der Waals surface area contributed by atoms with E-state index < -0.39 is 12.0 Å². The molecule has 0 saturated carbocycles. The number of aliphatic hydroxyl groups excluding tert-OH is 1. The first-order valence-corrected chi connectivity index (χ1v) is 13.1. The zero-order valence-corrected chi connectivity index (χ0v) is 21.9. The van der Waals surface area contributed by atoms with Crippen molar-refractivity contribution in [2.24, 2.45) is 5.73 Å². The van der Waals surface area contributed by atoms with Gasteiger partial charge in [0.2, 0.25) is 0 Å². The van der Waals surface area contributed by atoms with E-state index in [0.29, 0.717) is 24.5 Å². The summed E-state index contributed by atoms with van der Waals surface area (Å²) in [5, 5.41) is 11.3. The molecule has 0 aromatic heterocycles. The number of nitrogens with zero attached hydrogens (tertiary/aromatic N) is 1. The number of primary amides is 1. The van der Waals surface area contributed by atoms with Crippen LogP contribution in [-0.4, -0.2) is 28.5 Å². The van der Waals surface area contributed by atoms with Gasteiger partial charge in [0.25, 0.3) is 5.91 Å². The molecule has 2 atom stereocenters. The Hall–Kier alpha value is -3.93. The van der Waals surface area contributed by atoms with Crippen LogP contribution in [0.25, 0.3) is 0 Å².